The topological polar surface area (TPSA) is 93.5 Å². The van der Waals surface area contributed by atoms with Crippen LogP contribution in [0.25, 0.3) is 22.4 Å². The molecule has 0 spiro atoms. The first kappa shape index (κ1) is 19.2. The molecule has 1 saturated heterocycles. The van der Waals surface area contributed by atoms with Gasteiger partial charge in [0.1, 0.15) is 0 Å². The molecule has 4 aromatic rings. The van der Waals surface area contributed by atoms with Gasteiger partial charge in [-0.3, -0.25) is 4.79 Å². The SMILES string of the molecule is COc1ccc(CN2CC(c3noc(-c4ccc5cc[nH]c5c4)n3)CC2=O)cc1OC. The molecule has 3 heterocycles. The first-order valence-electron chi connectivity index (χ1n) is 10.0. The van der Waals surface area contributed by atoms with E-state index in [2.05, 4.69) is 15.1 Å². The molecule has 1 amide bonds. The van der Waals surface area contributed by atoms with Gasteiger partial charge in [-0.25, -0.2) is 0 Å². The Morgan fingerprint density at radius 1 is 1.13 bits per heavy atom. The predicted octanol–water partition coefficient (Wildman–Crippen LogP) is 3.75. The molecule has 2 aromatic heterocycles. The maximum absolute atomic E-state index is 12.6. The van der Waals surface area contributed by atoms with Gasteiger partial charge in [-0.2, -0.15) is 4.98 Å². The number of hydrogen-bond donors (Lipinski definition) is 1. The average molecular weight is 418 g/mol. The molecule has 8 nitrogen and oxygen atoms in total. The summed E-state index contributed by atoms with van der Waals surface area (Å²) in [7, 11) is 3.20. The molecule has 158 valence electrons. The number of fused-ring (bicyclic) bond motifs is 1. The number of hydrogen-bond acceptors (Lipinski definition) is 6. The number of nitrogens with zero attached hydrogens (tertiary/aromatic N) is 3. The summed E-state index contributed by atoms with van der Waals surface area (Å²) in [4.78, 5) is 22.2. The van der Waals surface area contributed by atoms with Crippen molar-refractivity contribution in [3.8, 4) is 23.0 Å². The molecule has 1 unspecified atom stereocenters. The zero-order chi connectivity index (χ0) is 21.4. The van der Waals surface area contributed by atoms with Crippen LogP contribution in [0, 0.1) is 0 Å². The fourth-order valence-corrected chi connectivity index (χ4v) is 4.00. The highest BCUT2D eigenvalue weighted by atomic mass is 16.5. The molecule has 31 heavy (non-hydrogen) atoms. The molecule has 1 atom stereocenters. The van der Waals surface area contributed by atoms with Crippen molar-refractivity contribution in [2.45, 2.75) is 18.9 Å². The zero-order valence-electron chi connectivity index (χ0n) is 17.3. The van der Waals surface area contributed by atoms with Crippen LogP contribution in [0.3, 0.4) is 0 Å². The van der Waals surface area contributed by atoms with Gasteiger partial charge in [-0.15, -0.1) is 0 Å². The van der Waals surface area contributed by atoms with Crippen molar-refractivity contribution in [1.82, 2.24) is 20.0 Å². The van der Waals surface area contributed by atoms with Gasteiger partial charge >= 0.3 is 0 Å². The maximum atomic E-state index is 12.6. The van der Waals surface area contributed by atoms with Crippen molar-refractivity contribution in [2.24, 2.45) is 0 Å². The number of carbonyl (C=O) groups is 1. The minimum absolute atomic E-state index is 0.0685. The summed E-state index contributed by atoms with van der Waals surface area (Å²) < 4.78 is 16.1. The molecule has 0 radical (unpaired) electrons. The lowest BCUT2D eigenvalue weighted by atomic mass is 10.1. The molecule has 1 aliphatic rings. The molecule has 1 fully saturated rings. The number of H-pyrrole nitrogens is 1. The minimum atomic E-state index is -0.0978. The van der Waals surface area contributed by atoms with Crippen molar-refractivity contribution in [3.63, 3.8) is 0 Å². The third kappa shape index (κ3) is 3.61. The van der Waals surface area contributed by atoms with E-state index in [1.807, 2.05) is 53.6 Å². The lowest BCUT2D eigenvalue weighted by Crippen LogP contribution is -2.24. The number of aromatic nitrogens is 3. The second-order valence-corrected chi connectivity index (χ2v) is 7.60. The second-order valence-electron chi connectivity index (χ2n) is 7.60. The summed E-state index contributed by atoms with van der Waals surface area (Å²) in [5.41, 5.74) is 2.83. The van der Waals surface area contributed by atoms with Gasteiger partial charge in [-0.05, 0) is 41.3 Å². The smallest absolute Gasteiger partial charge is 0.258 e. The number of rotatable bonds is 6. The van der Waals surface area contributed by atoms with E-state index in [1.165, 1.54) is 0 Å². The number of benzene rings is 2. The Labute approximate surface area is 178 Å². The summed E-state index contributed by atoms with van der Waals surface area (Å²) in [6, 6.07) is 13.6. The highest BCUT2D eigenvalue weighted by Crippen LogP contribution is 2.32. The zero-order valence-corrected chi connectivity index (χ0v) is 17.3. The number of likely N-dealkylation sites (tertiary alicyclic amines) is 1. The van der Waals surface area contributed by atoms with E-state index >= 15 is 0 Å². The lowest BCUT2D eigenvalue weighted by molar-refractivity contribution is -0.128. The third-order valence-electron chi connectivity index (χ3n) is 5.64. The van der Waals surface area contributed by atoms with Crippen LogP contribution in [0.2, 0.25) is 0 Å². The maximum Gasteiger partial charge on any atom is 0.258 e. The Kier molecular flexibility index (Phi) is 4.82. The molecule has 0 bridgehead atoms. The van der Waals surface area contributed by atoms with Crippen molar-refractivity contribution >= 4 is 16.8 Å². The fraction of sp³-hybridized carbons (Fsp3) is 0.261. The summed E-state index contributed by atoms with van der Waals surface area (Å²) in [6.07, 6.45) is 2.26. The summed E-state index contributed by atoms with van der Waals surface area (Å²) >= 11 is 0. The molecule has 1 N–H and O–H groups in total. The molecular formula is C23H22N4O4. The quantitative estimate of drug-likeness (QED) is 0.513. The summed E-state index contributed by atoms with van der Waals surface area (Å²) in [5.74, 6) is 2.29. The van der Waals surface area contributed by atoms with Gasteiger partial charge < -0.3 is 23.9 Å². The average Bonchev–Trinajstić information content (AvgIpc) is 3.53. The number of amides is 1. The van der Waals surface area contributed by atoms with E-state index in [1.54, 1.807) is 14.2 Å². The van der Waals surface area contributed by atoms with Crippen LogP contribution in [0.1, 0.15) is 23.7 Å². The fourth-order valence-electron chi connectivity index (χ4n) is 4.00. The Balaban J connectivity index is 1.31. The molecule has 5 rings (SSSR count). The van der Waals surface area contributed by atoms with E-state index in [-0.39, 0.29) is 11.8 Å². The minimum Gasteiger partial charge on any atom is -0.493 e. The lowest BCUT2D eigenvalue weighted by Gasteiger charge is -2.17. The standard InChI is InChI=1S/C23H22N4O4/c1-29-19-6-3-14(9-20(19)30-2)12-27-13-17(11-21(27)28)22-25-23(31-26-22)16-5-4-15-7-8-24-18(15)10-16/h3-10,17,24H,11-13H2,1-2H3. The first-order valence-corrected chi connectivity index (χ1v) is 10.0. The molecule has 2 aromatic carbocycles. The molecule has 8 heteroatoms. The Bertz CT molecular complexity index is 1250. The van der Waals surface area contributed by atoms with Crippen LogP contribution in [0.4, 0.5) is 0 Å². The predicted molar refractivity (Wildman–Crippen MR) is 114 cm³/mol. The summed E-state index contributed by atoms with van der Waals surface area (Å²) in [6.45, 7) is 1.03. The van der Waals surface area contributed by atoms with Crippen LogP contribution < -0.4 is 9.47 Å². The number of carbonyl (C=O) groups excluding carboxylic acids is 1. The van der Waals surface area contributed by atoms with Gasteiger partial charge in [0.15, 0.2) is 17.3 Å². The van der Waals surface area contributed by atoms with Crippen molar-refractivity contribution < 1.29 is 18.8 Å². The van der Waals surface area contributed by atoms with Crippen LogP contribution in [-0.2, 0) is 11.3 Å². The highest BCUT2D eigenvalue weighted by molar-refractivity contribution is 5.83. The van der Waals surface area contributed by atoms with Gasteiger partial charge in [-0.1, -0.05) is 17.3 Å². The number of nitrogens with one attached hydrogen (secondary N) is 1. The third-order valence-corrected chi connectivity index (χ3v) is 5.64. The Hall–Kier alpha value is -3.81. The Morgan fingerprint density at radius 3 is 2.84 bits per heavy atom. The molecule has 0 saturated carbocycles. The van der Waals surface area contributed by atoms with Gasteiger partial charge in [0.05, 0.1) is 14.2 Å². The van der Waals surface area contributed by atoms with E-state index in [9.17, 15) is 4.79 Å². The Morgan fingerprint density at radius 2 is 2.00 bits per heavy atom. The van der Waals surface area contributed by atoms with Crippen LogP contribution in [0.5, 0.6) is 11.5 Å². The van der Waals surface area contributed by atoms with E-state index in [0.29, 0.717) is 42.7 Å². The second kappa shape index (κ2) is 7.79. The van der Waals surface area contributed by atoms with Crippen molar-refractivity contribution in [2.75, 3.05) is 20.8 Å². The van der Waals surface area contributed by atoms with Gasteiger partial charge in [0, 0.05) is 42.7 Å². The van der Waals surface area contributed by atoms with E-state index < -0.39 is 0 Å². The first-order chi connectivity index (χ1) is 15.1. The van der Waals surface area contributed by atoms with Crippen molar-refractivity contribution in [1.29, 1.82) is 0 Å². The monoisotopic (exact) mass is 418 g/mol. The summed E-state index contributed by atoms with van der Waals surface area (Å²) in [5, 5.41) is 5.28. The largest absolute Gasteiger partial charge is 0.493 e. The number of methoxy groups -OCH3 is 2. The van der Waals surface area contributed by atoms with Gasteiger partial charge in [0.2, 0.25) is 5.91 Å². The van der Waals surface area contributed by atoms with Crippen LogP contribution in [-0.4, -0.2) is 46.7 Å². The van der Waals surface area contributed by atoms with Crippen molar-refractivity contribution in [3.05, 3.63) is 60.0 Å². The normalized spacial score (nSPS) is 16.3. The number of aromatic amines is 1. The molecule has 1 aliphatic heterocycles. The molecule has 0 aliphatic carbocycles. The van der Waals surface area contributed by atoms with Crippen LogP contribution in [0.15, 0.2) is 53.2 Å². The molecular weight excluding hydrogens is 396 g/mol. The van der Waals surface area contributed by atoms with Crippen LogP contribution >= 0.6 is 0 Å². The van der Waals surface area contributed by atoms with E-state index in [4.69, 9.17) is 14.0 Å². The highest BCUT2D eigenvalue weighted by Gasteiger charge is 2.34. The van der Waals surface area contributed by atoms with E-state index in [0.717, 1.165) is 22.0 Å². The van der Waals surface area contributed by atoms with Gasteiger partial charge in [0.25, 0.3) is 5.89 Å². The number of ether oxygens (including phenoxy) is 2.